The van der Waals surface area contributed by atoms with E-state index < -0.39 is 15.9 Å². The van der Waals surface area contributed by atoms with Gasteiger partial charge in [-0.05, 0) is 57.2 Å². The fraction of sp³-hybridized carbons (Fsp3) is 0.348. The minimum absolute atomic E-state index is 0.106. The molecule has 180 valence electrons. The van der Waals surface area contributed by atoms with Crippen molar-refractivity contribution in [3.8, 4) is 0 Å². The minimum atomic E-state index is -3.70. The van der Waals surface area contributed by atoms with Crippen molar-refractivity contribution in [2.24, 2.45) is 0 Å². The predicted octanol–water partition coefficient (Wildman–Crippen LogP) is 1.97. The van der Waals surface area contributed by atoms with E-state index in [4.69, 9.17) is 4.74 Å². The summed E-state index contributed by atoms with van der Waals surface area (Å²) >= 11 is 0. The van der Waals surface area contributed by atoms with Gasteiger partial charge >= 0.3 is 0 Å². The van der Waals surface area contributed by atoms with Crippen molar-refractivity contribution in [3.05, 3.63) is 64.4 Å². The van der Waals surface area contributed by atoms with Crippen molar-refractivity contribution in [2.75, 3.05) is 18.5 Å². The monoisotopic (exact) mass is 485 g/mol. The largest absolute Gasteiger partial charge is 0.373 e. The van der Waals surface area contributed by atoms with Crippen LogP contribution in [0.25, 0.3) is 10.9 Å². The van der Waals surface area contributed by atoms with Gasteiger partial charge in [0.15, 0.2) is 0 Å². The van der Waals surface area contributed by atoms with Gasteiger partial charge in [-0.25, -0.2) is 13.4 Å². The number of nitrogens with zero attached hydrogens (tertiary/aromatic N) is 3. The van der Waals surface area contributed by atoms with Gasteiger partial charge in [0.05, 0.1) is 28.0 Å². The van der Waals surface area contributed by atoms with Gasteiger partial charge in [-0.1, -0.05) is 12.1 Å². The predicted molar refractivity (Wildman–Crippen MR) is 128 cm³/mol. The molecule has 11 heteroatoms. The zero-order valence-corrected chi connectivity index (χ0v) is 20.0. The molecule has 34 heavy (non-hydrogen) atoms. The third-order valence-electron chi connectivity index (χ3n) is 5.61. The molecule has 3 aromatic rings. The maximum atomic E-state index is 13.0. The molecular weight excluding hydrogens is 458 g/mol. The first-order valence-electron chi connectivity index (χ1n) is 11.0. The summed E-state index contributed by atoms with van der Waals surface area (Å²) in [6.45, 7) is 6.38. The third kappa shape index (κ3) is 4.67. The minimum Gasteiger partial charge on any atom is -0.373 e. The van der Waals surface area contributed by atoms with Gasteiger partial charge in [-0.2, -0.15) is 4.31 Å². The average molecular weight is 486 g/mol. The number of aromatic nitrogens is 2. The number of benzene rings is 2. The summed E-state index contributed by atoms with van der Waals surface area (Å²) in [5.41, 5.74) is 5.79. The number of carbonyl (C=O) groups is 1. The maximum Gasteiger partial charge on any atom is 0.269 e. The Morgan fingerprint density at radius 3 is 2.38 bits per heavy atom. The number of nitrogens with one attached hydrogen (secondary N) is 2. The molecule has 2 heterocycles. The van der Waals surface area contributed by atoms with Crippen molar-refractivity contribution in [3.63, 3.8) is 0 Å². The summed E-state index contributed by atoms with van der Waals surface area (Å²) < 4.78 is 34.4. The lowest BCUT2D eigenvalue weighted by Gasteiger charge is -2.34. The molecule has 0 radical (unpaired) electrons. The first kappa shape index (κ1) is 23.9. The Balaban J connectivity index is 1.49. The lowest BCUT2D eigenvalue weighted by Crippen LogP contribution is -2.48. The molecule has 0 unspecified atom stereocenters. The summed E-state index contributed by atoms with van der Waals surface area (Å²) in [5.74, 6) is -0.295. The van der Waals surface area contributed by atoms with Gasteiger partial charge in [-0.3, -0.25) is 25.0 Å². The highest BCUT2D eigenvalue weighted by Crippen LogP contribution is 2.21. The van der Waals surface area contributed by atoms with Gasteiger partial charge in [0.25, 0.3) is 11.5 Å². The highest BCUT2D eigenvalue weighted by Gasteiger charge is 2.32. The van der Waals surface area contributed by atoms with Gasteiger partial charge in [0.1, 0.15) is 0 Å². The molecule has 1 amide bonds. The van der Waals surface area contributed by atoms with Crippen molar-refractivity contribution in [2.45, 2.75) is 44.4 Å². The molecule has 4 rings (SSSR count). The molecular formula is C23H27N5O5S. The number of rotatable bonds is 6. The molecule has 10 nitrogen and oxygen atoms in total. The third-order valence-corrected chi connectivity index (χ3v) is 7.45. The Bertz CT molecular complexity index is 1360. The lowest BCUT2D eigenvalue weighted by molar-refractivity contribution is -0.0440. The van der Waals surface area contributed by atoms with E-state index in [2.05, 4.69) is 15.8 Å². The number of hydrogen-bond donors (Lipinski definition) is 2. The van der Waals surface area contributed by atoms with E-state index in [1.165, 1.54) is 33.1 Å². The van der Waals surface area contributed by atoms with Crippen molar-refractivity contribution < 1.29 is 17.9 Å². The zero-order valence-electron chi connectivity index (χ0n) is 19.2. The number of ether oxygens (including phenoxy) is 1. The number of sulfonamides is 1. The number of amides is 1. The van der Waals surface area contributed by atoms with Crippen molar-refractivity contribution in [1.82, 2.24) is 19.3 Å². The Kier molecular flexibility index (Phi) is 6.69. The molecule has 1 fully saturated rings. The van der Waals surface area contributed by atoms with Crippen LogP contribution in [0.4, 0.5) is 5.95 Å². The standard InChI is InChI=1S/C23H27N5O5S/c1-4-28-22(30)19-7-5-6-8-20(19)24-23(28)26-25-21(29)17-9-11-18(12-10-17)34(31,32)27-13-15(2)33-16(3)14-27/h5-12,15-16H,4,13-14H2,1-3H3,(H,24,26)(H,25,29)/t15-,16+. The van der Waals surface area contributed by atoms with E-state index in [1.807, 2.05) is 13.8 Å². The van der Waals surface area contributed by atoms with Gasteiger partial charge in [0.2, 0.25) is 16.0 Å². The van der Waals surface area contributed by atoms with Crippen LogP contribution >= 0.6 is 0 Å². The summed E-state index contributed by atoms with van der Waals surface area (Å²) in [6, 6.07) is 12.7. The molecule has 0 bridgehead atoms. The summed E-state index contributed by atoms with van der Waals surface area (Å²) in [5, 5.41) is 0.488. The second kappa shape index (κ2) is 9.53. The average Bonchev–Trinajstić information content (AvgIpc) is 2.82. The molecule has 2 N–H and O–H groups in total. The van der Waals surface area contributed by atoms with Gasteiger partial charge in [-0.15, -0.1) is 0 Å². The van der Waals surface area contributed by atoms with Crippen LogP contribution in [0.1, 0.15) is 31.1 Å². The summed E-state index contributed by atoms with van der Waals surface area (Å²) in [4.78, 5) is 29.9. The van der Waals surface area contributed by atoms with E-state index in [0.29, 0.717) is 17.4 Å². The smallest absolute Gasteiger partial charge is 0.269 e. The van der Waals surface area contributed by atoms with Crippen LogP contribution in [0, 0.1) is 0 Å². The van der Waals surface area contributed by atoms with Crippen LogP contribution < -0.4 is 16.4 Å². The van der Waals surface area contributed by atoms with E-state index in [0.717, 1.165) is 0 Å². The number of morpholine rings is 1. The highest BCUT2D eigenvalue weighted by molar-refractivity contribution is 7.89. The zero-order chi connectivity index (χ0) is 24.5. The maximum absolute atomic E-state index is 13.0. The number of carbonyl (C=O) groups excluding carboxylic acids is 1. The fourth-order valence-corrected chi connectivity index (χ4v) is 5.59. The lowest BCUT2D eigenvalue weighted by atomic mass is 10.2. The summed E-state index contributed by atoms with van der Waals surface area (Å²) in [7, 11) is -3.70. The van der Waals surface area contributed by atoms with Crippen LogP contribution in [0.15, 0.2) is 58.2 Å². The first-order chi connectivity index (χ1) is 16.2. The number of fused-ring (bicyclic) bond motifs is 1. The van der Waals surface area contributed by atoms with E-state index in [9.17, 15) is 18.0 Å². The van der Waals surface area contributed by atoms with E-state index in [-0.39, 0.29) is 47.3 Å². The molecule has 0 saturated carbocycles. The van der Waals surface area contributed by atoms with Crippen LogP contribution in [-0.4, -0.2) is 53.5 Å². The van der Waals surface area contributed by atoms with E-state index in [1.54, 1.807) is 31.2 Å². The molecule has 0 aliphatic carbocycles. The van der Waals surface area contributed by atoms with Crippen LogP contribution in [-0.2, 0) is 21.3 Å². The summed E-state index contributed by atoms with van der Waals surface area (Å²) in [6.07, 6.45) is -0.391. The molecule has 1 aliphatic heterocycles. The Labute approximate surface area is 197 Å². The van der Waals surface area contributed by atoms with Crippen LogP contribution in [0.5, 0.6) is 0 Å². The van der Waals surface area contributed by atoms with Crippen LogP contribution in [0.3, 0.4) is 0 Å². The molecule has 2 atom stereocenters. The number of para-hydroxylation sites is 1. The molecule has 1 saturated heterocycles. The van der Waals surface area contributed by atoms with Gasteiger partial charge < -0.3 is 4.74 Å². The fourth-order valence-electron chi connectivity index (χ4n) is 4.00. The second-order valence-electron chi connectivity index (χ2n) is 8.18. The molecule has 0 spiro atoms. The second-order valence-corrected chi connectivity index (χ2v) is 10.1. The molecule has 2 aromatic carbocycles. The van der Waals surface area contributed by atoms with Gasteiger partial charge in [0, 0.05) is 25.2 Å². The molecule has 1 aromatic heterocycles. The normalized spacial score (nSPS) is 19.1. The Morgan fingerprint density at radius 2 is 1.74 bits per heavy atom. The van der Waals surface area contributed by atoms with Crippen LogP contribution in [0.2, 0.25) is 0 Å². The molecule has 1 aliphatic rings. The number of hydrazine groups is 1. The first-order valence-corrected chi connectivity index (χ1v) is 12.5. The number of hydrogen-bond acceptors (Lipinski definition) is 7. The number of anilines is 1. The van der Waals surface area contributed by atoms with Crippen molar-refractivity contribution >= 4 is 32.8 Å². The Hall–Kier alpha value is -3.28. The topological polar surface area (TPSA) is 123 Å². The Morgan fingerprint density at radius 1 is 1.09 bits per heavy atom. The van der Waals surface area contributed by atoms with E-state index >= 15 is 0 Å². The SMILES string of the molecule is CCn1c(NNC(=O)c2ccc(S(=O)(=O)N3C[C@@H](C)O[C@@H](C)C3)cc2)nc2ccccc2c1=O. The van der Waals surface area contributed by atoms with Crippen molar-refractivity contribution in [1.29, 1.82) is 0 Å². The highest BCUT2D eigenvalue weighted by atomic mass is 32.2. The quantitative estimate of drug-likeness (QED) is 0.512.